The van der Waals surface area contributed by atoms with Gasteiger partial charge in [-0.25, -0.2) is 0 Å². The van der Waals surface area contributed by atoms with Gasteiger partial charge in [0.2, 0.25) is 5.91 Å². The summed E-state index contributed by atoms with van der Waals surface area (Å²) in [5.74, 6) is -3.20. The lowest BCUT2D eigenvalue weighted by molar-refractivity contribution is -0.140. The highest BCUT2D eigenvalue weighted by Gasteiger charge is 2.20. The van der Waals surface area contributed by atoms with Crippen LogP contribution in [0.25, 0.3) is 0 Å². The van der Waals surface area contributed by atoms with Gasteiger partial charge in [0.1, 0.15) is 18.1 Å². The fourth-order valence-electron chi connectivity index (χ4n) is 1.81. The first-order valence-electron chi connectivity index (χ1n) is 8.65. The lowest BCUT2D eigenvalue weighted by atomic mass is 10.0. The third-order valence-corrected chi connectivity index (χ3v) is 3.92. The number of primary amides is 1. The molecule has 10 N–H and O–H groups in total. The first kappa shape index (κ1) is 27.0. The molecule has 27 heavy (non-hydrogen) atoms. The topological polar surface area (TPSA) is 219 Å². The van der Waals surface area contributed by atoms with Gasteiger partial charge in [-0.1, -0.05) is 20.3 Å². The number of carbonyl (C=O) groups is 4. The van der Waals surface area contributed by atoms with E-state index in [-0.39, 0.29) is 24.8 Å². The van der Waals surface area contributed by atoms with Crippen molar-refractivity contribution in [3.05, 3.63) is 0 Å². The number of rotatable bonds is 8. The summed E-state index contributed by atoms with van der Waals surface area (Å²) in [6.07, 6.45) is 2.72. The molecule has 0 radical (unpaired) electrons. The molecule has 0 aromatic rings. The molecular formula is C16H32N4O7. The molecule has 1 heterocycles. The van der Waals surface area contributed by atoms with Crippen LogP contribution in [0, 0.1) is 5.92 Å². The molecule has 0 spiro atoms. The first-order chi connectivity index (χ1) is 12.4. The number of hydrogen-bond donors (Lipinski definition) is 7. The van der Waals surface area contributed by atoms with E-state index < -0.39 is 35.9 Å². The van der Waals surface area contributed by atoms with Gasteiger partial charge >= 0.3 is 17.9 Å². The summed E-state index contributed by atoms with van der Waals surface area (Å²) in [6, 6.07) is -1.95. The summed E-state index contributed by atoms with van der Waals surface area (Å²) in [7, 11) is 0. The zero-order valence-electron chi connectivity index (χ0n) is 15.8. The van der Waals surface area contributed by atoms with E-state index in [0.29, 0.717) is 0 Å². The van der Waals surface area contributed by atoms with Gasteiger partial charge in [0.15, 0.2) is 0 Å². The molecule has 1 aliphatic heterocycles. The minimum atomic E-state index is -1.11. The van der Waals surface area contributed by atoms with Gasteiger partial charge in [0, 0.05) is 6.42 Å². The minimum Gasteiger partial charge on any atom is -0.480 e. The van der Waals surface area contributed by atoms with E-state index in [1.165, 1.54) is 0 Å². The van der Waals surface area contributed by atoms with Gasteiger partial charge < -0.3 is 37.8 Å². The molecule has 11 heteroatoms. The van der Waals surface area contributed by atoms with E-state index in [2.05, 4.69) is 5.32 Å². The largest absolute Gasteiger partial charge is 0.480 e. The lowest BCUT2D eigenvalue weighted by Crippen LogP contribution is -2.36. The van der Waals surface area contributed by atoms with Crippen molar-refractivity contribution in [3.63, 3.8) is 0 Å². The van der Waals surface area contributed by atoms with Crippen molar-refractivity contribution in [2.24, 2.45) is 23.1 Å². The Morgan fingerprint density at radius 3 is 1.89 bits per heavy atom. The molecule has 1 fully saturated rings. The molecule has 11 nitrogen and oxygen atoms in total. The summed E-state index contributed by atoms with van der Waals surface area (Å²) in [5.41, 5.74) is 15.1. The first-order valence-corrected chi connectivity index (χ1v) is 8.65. The van der Waals surface area contributed by atoms with Crippen LogP contribution in [0.4, 0.5) is 0 Å². The molecule has 3 unspecified atom stereocenters. The van der Waals surface area contributed by atoms with Crippen LogP contribution in [0.15, 0.2) is 0 Å². The van der Waals surface area contributed by atoms with Gasteiger partial charge in [-0.15, -0.1) is 0 Å². The van der Waals surface area contributed by atoms with E-state index >= 15 is 0 Å². The smallest absolute Gasteiger partial charge is 0.320 e. The predicted molar refractivity (Wildman–Crippen MR) is 97.8 cm³/mol. The zero-order chi connectivity index (χ0) is 21.6. The molecule has 0 aromatic carbocycles. The van der Waals surface area contributed by atoms with Crippen molar-refractivity contribution < 1.29 is 34.5 Å². The van der Waals surface area contributed by atoms with Crippen LogP contribution in [-0.2, 0) is 19.2 Å². The fourth-order valence-corrected chi connectivity index (χ4v) is 1.81. The molecule has 0 aromatic heterocycles. The van der Waals surface area contributed by atoms with Crippen molar-refractivity contribution in [2.45, 2.75) is 64.1 Å². The van der Waals surface area contributed by atoms with Crippen molar-refractivity contribution in [2.75, 3.05) is 6.54 Å². The van der Waals surface area contributed by atoms with Gasteiger partial charge in [0.05, 0.1) is 0 Å². The van der Waals surface area contributed by atoms with E-state index in [1.807, 2.05) is 13.8 Å². The number of carboxylic acids is 3. The van der Waals surface area contributed by atoms with E-state index in [0.717, 1.165) is 25.8 Å². The lowest BCUT2D eigenvalue weighted by Gasteiger charge is -2.11. The average molecular weight is 392 g/mol. The molecular weight excluding hydrogens is 360 g/mol. The maximum Gasteiger partial charge on any atom is 0.320 e. The molecule has 1 amide bonds. The Labute approximate surface area is 158 Å². The normalized spacial score (nSPS) is 18.6. The summed E-state index contributed by atoms with van der Waals surface area (Å²) >= 11 is 0. The number of nitrogens with one attached hydrogen (secondary N) is 1. The fraction of sp³-hybridized carbons (Fsp3) is 0.750. The Morgan fingerprint density at radius 1 is 1.11 bits per heavy atom. The Morgan fingerprint density at radius 2 is 1.67 bits per heavy atom. The quantitative estimate of drug-likeness (QED) is 0.265. The standard InChI is InChI=1S/C6H13NO2.C5H10N2O3.C5H9NO2/c1-3-4(2)5(7)6(8)9;6-3(5(9)10)1-2-4(7)8;7-5(8)4-2-1-3-6-4/h4-5H,3,7H2,1-2H3,(H,8,9);3H,1-2,6H2,(H2,7,8)(H,9,10);4,6H,1-3H2,(H,7,8)/t;;4-/m..0/s1. The Kier molecular flexibility index (Phi) is 14.9. The molecule has 4 atom stereocenters. The molecule has 1 rings (SSSR count). The number of carboxylic acid groups (broad SMARTS) is 3. The van der Waals surface area contributed by atoms with Crippen molar-refractivity contribution in [1.29, 1.82) is 0 Å². The number of carbonyl (C=O) groups excluding carboxylic acids is 1. The zero-order valence-corrected chi connectivity index (χ0v) is 15.8. The van der Waals surface area contributed by atoms with Crippen molar-refractivity contribution >= 4 is 23.8 Å². The van der Waals surface area contributed by atoms with E-state index in [4.69, 9.17) is 32.5 Å². The summed E-state index contributed by atoms with van der Waals surface area (Å²) in [4.78, 5) is 40.4. The highest BCUT2D eigenvalue weighted by atomic mass is 16.4. The second kappa shape index (κ2) is 14.9. The predicted octanol–water partition coefficient (Wildman–Crippen LogP) is -1.07. The van der Waals surface area contributed by atoms with Crippen LogP contribution < -0.4 is 22.5 Å². The van der Waals surface area contributed by atoms with Gasteiger partial charge in [0.25, 0.3) is 0 Å². The number of aliphatic carboxylic acids is 3. The van der Waals surface area contributed by atoms with Gasteiger partial charge in [-0.3, -0.25) is 19.2 Å². The van der Waals surface area contributed by atoms with E-state index in [1.54, 1.807) is 0 Å². The second-order valence-electron chi connectivity index (χ2n) is 6.19. The van der Waals surface area contributed by atoms with Crippen LogP contribution in [0.5, 0.6) is 0 Å². The maximum atomic E-state index is 10.2. The van der Waals surface area contributed by atoms with Crippen molar-refractivity contribution in [1.82, 2.24) is 5.32 Å². The monoisotopic (exact) mass is 392 g/mol. The van der Waals surface area contributed by atoms with Crippen molar-refractivity contribution in [3.8, 4) is 0 Å². The Balaban J connectivity index is 0. The number of hydrogen-bond acceptors (Lipinski definition) is 7. The summed E-state index contributed by atoms with van der Waals surface area (Å²) in [5, 5.41) is 27.8. The van der Waals surface area contributed by atoms with Gasteiger partial charge in [-0.05, 0) is 31.7 Å². The maximum absolute atomic E-state index is 10.2. The SMILES string of the molecule is CCC(C)C(N)C(=O)O.NC(=O)CCC(N)C(=O)O.O=C(O)[C@@H]1CCCN1. The average Bonchev–Trinajstić information content (AvgIpc) is 3.14. The van der Waals surface area contributed by atoms with Crippen LogP contribution in [-0.4, -0.2) is 63.8 Å². The summed E-state index contributed by atoms with van der Waals surface area (Å²) < 4.78 is 0. The van der Waals surface area contributed by atoms with Crippen LogP contribution in [0.3, 0.4) is 0 Å². The van der Waals surface area contributed by atoms with Crippen LogP contribution >= 0.6 is 0 Å². The summed E-state index contributed by atoms with van der Waals surface area (Å²) in [6.45, 7) is 4.61. The molecule has 0 aliphatic carbocycles. The number of amides is 1. The Hall–Kier alpha value is -2.24. The second-order valence-corrected chi connectivity index (χ2v) is 6.19. The molecule has 1 aliphatic rings. The molecule has 1 saturated heterocycles. The molecule has 0 bridgehead atoms. The minimum absolute atomic E-state index is 0.0213. The Bertz CT molecular complexity index is 481. The highest BCUT2D eigenvalue weighted by Crippen LogP contribution is 2.04. The highest BCUT2D eigenvalue weighted by molar-refractivity contribution is 5.77. The van der Waals surface area contributed by atoms with Crippen LogP contribution in [0.2, 0.25) is 0 Å². The van der Waals surface area contributed by atoms with Gasteiger partial charge in [-0.2, -0.15) is 0 Å². The molecule has 0 saturated carbocycles. The molecule has 158 valence electrons. The van der Waals surface area contributed by atoms with E-state index in [9.17, 15) is 19.2 Å². The number of nitrogens with two attached hydrogens (primary N) is 3. The third kappa shape index (κ3) is 14.6. The third-order valence-electron chi connectivity index (χ3n) is 3.92. The van der Waals surface area contributed by atoms with Crippen LogP contribution in [0.1, 0.15) is 46.0 Å².